The van der Waals surface area contributed by atoms with E-state index in [0.29, 0.717) is 44.5 Å². The number of halogens is 1. The van der Waals surface area contributed by atoms with Crippen molar-refractivity contribution < 1.29 is 14.3 Å². The molecular formula is C14H19ClN2O3. The van der Waals surface area contributed by atoms with E-state index in [2.05, 4.69) is 5.32 Å². The lowest BCUT2D eigenvalue weighted by atomic mass is 10.2. The molecule has 0 aliphatic carbocycles. The number of aryl methyl sites for hydroxylation is 1. The molecule has 0 radical (unpaired) electrons. The van der Waals surface area contributed by atoms with Gasteiger partial charge in [0.2, 0.25) is 0 Å². The Morgan fingerprint density at radius 2 is 2.20 bits per heavy atom. The summed E-state index contributed by atoms with van der Waals surface area (Å²) in [5, 5.41) is 3.52. The number of morpholine rings is 1. The number of ether oxygens (including phenoxy) is 2. The van der Waals surface area contributed by atoms with Gasteiger partial charge < -0.3 is 19.7 Å². The van der Waals surface area contributed by atoms with Gasteiger partial charge in [0.25, 0.3) is 0 Å². The van der Waals surface area contributed by atoms with E-state index in [0.717, 1.165) is 11.3 Å². The number of hydrogen-bond donors (Lipinski definition) is 1. The predicted octanol–water partition coefficient (Wildman–Crippen LogP) is 2.07. The molecule has 1 aliphatic heterocycles. The molecule has 1 saturated heterocycles. The molecule has 1 fully saturated rings. The van der Waals surface area contributed by atoms with Gasteiger partial charge >= 0.3 is 6.03 Å². The molecule has 0 unspecified atom stereocenters. The molecule has 2 rings (SSSR count). The monoisotopic (exact) mass is 298 g/mol. The van der Waals surface area contributed by atoms with Crippen LogP contribution in [0.1, 0.15) is 5.56 Å². The summed E-state index contributed by atoms with van der Waals surface area (Å²) in [6, 6.07) is 5.41. The van der Waals surface area contributed by atoms with Crippen LogP contribution in [0.3, 0.4) is 0 Å². The molecule has 20 heavy (non-hydrogen) atoms. The number of rotatable bonds is 4. The van der Waals surface area contributed by atoms with Gasteiger partial charge in [0.05, 0.1) is 19.8 Å². The number of hydrogen-bond acceptors (Lipinski definition) is 3. The van der Waals surface area contributed by atoms with Gasteiger partial charge in [-0.25, -0.2) is 4.79 Å². The first-order valence-corrected chi connectivity index (χ1v) is 7.04. The summed E-state index contributed by atoms with van der Waals surface area (Å²) >= 11 is 5.88. The summed E-state index contributed by atoms with van der Waals surface area (Å²) < 4.78 is 10.8. The quantitative estimate of drug-likeness (QED) is 0.866. The number of nitrogens with zero attached hydrogens (tertiary/aromatic N) is 1. The van der Waals surface area contributed by atoms with Crippen molar-refractivity contribution in [2.75, 3.05) is 39.5 Å². The van der Waals surface area contributed by atoms with Crippen molar-refractivity contribution in [1.29, 1.82) is 0 Å². The van der Waals surface area contributed by atoms with E-state index in [1.54, 1.807) is 11.0 Å². The summed E-state index contributed by atoms with van der Waals surface area (Å²) in [6.45, 7) is 5.33. The van der Waals surface area contributed by atoms with Gasteiger partial charge in [-0.1, -0.05) is 11.6 Å². The van der Waals surface area contributed by atoms with Gasteiger partial charge in [-0.05, 0) is 30.7 Å². The normalized spacial score (nSPS) is 15.0. The van der Waals surface area contributed by atoms with Crippen LogP contribution in [0.2, 0.25) is 5.02 Å². The third kappa shape index (κ3) is 4.28. The number of benzene rings is 1. The maximum atomic E-state index is 11.8. The fraction of sp³-hybridized carbons (Fsp3) is 0.500. The molecular weight excluding hydrogens is 280 g/mol. The lowest BCUT2D eigenvalue weighted by Gasteiger charge is -2.26. The lowest BCUT2D eigenvalue weighted by molar-refractivity contribution is 0.0530. The van der Waals surface area contributed by atoms with Gasteiger partial charge in [-0.2, -0.15) is 0 Å². The number of nitrogens with one attached hydrogen (secondary N) is 1. The van der Waals surface area contributed by atoms with Crippen molar-refractivity contribution in [3.05, 3.63) is 28.8 Å². The molecule has 6 heteroatoms. The van der Waals surface area contributed by atoms with Gasteiger partial charge in [-0.3, -0.25) is 0 Å². The van der Waals surface area contributed by atoms with E-state index in [1.807, 2.05) is 19.1 Å². The van der Waals surface area contributed by atoms with Crippen LogP contribution < -0.4 is 10.1 Å². The molecule has 110 valence electrons. The van der Waals surface area contributed by atoms with Crippen molar-refractivity contribution in [2.45, 2.75) is 6.92 Å². The highest BCUT2D eigenvalue weighted by molar-refractivity contribution is 6.30. The Kier molecular flexibility index (Phi) is 5.49. The number of amides is 2. The smallest absolute Gasteiger partial charge is 0.317 e. The zero-order valence-corrected chi connectivity index (χ0v) is 12.3. The minimum atomic E-state index is -0.0651. The molecule has 0 bridgehead atoms. The average Bonchev–Trinajstić information content (AvgIpc) is 2.46. The topological polar surface area (TPSA) is 50.8 Å². The highest BCUT2D eigenvalue weighted by Crippen LogP contribution is 2.21. The summed E-state index contributed by atoms with van der Waals surface area (Å²) in [6.07, 6.45) is 0. The third-order valence-electron chi connectivity index (χ3n) is 3.07. The van der Waals surface area contributed by atoms with E-state index in [9.17, 15) is 4.79 Å². The third-order valence-corrected chi connectivity index (χ3v) is 3.31. The zero-order valence-electron chi connectivity index (χ0n) is 11.5. The van der Waals surface area contributed by atoms with Gasteiger partial charge in [0, 0.05) is 18.1 Å². The SMILES string of the molecule is Cc1cc(Cl)ccc1OCCNC(=O)N1CCOCC1. The minimum Gasteiger partial charge on any atom is -0.491 e. The van der Waals surface area contributed by atoms with Gasteiger partial charge in [0.1, 0.15) is 12.4 Å². The van der Waals surface area contributed by atoms with Crippen LogP contribution in [0, 0.1) is 6.92 Å². The molecule has 1 aliphatic rings. The lowest BCUT2D eigenvalue weighted by Crippen LogP contribution is -2.47. The fourth-order valence-corrected chi connectivity index (χ4v) is 2.20. The Labute approximate surface area is 123 Å². The van der Waals surface area contributed by atoms with Crippen LogP contribution in [0.25, 0.3) is 0 Å². The zero-order chi connectivity index (χ0) is 14.4. The highest BCUT2D eigenvalue weighted by Gasteiger charge is 2.15. The Bertz CT molecular complexity index is 462. The van der Waals surface area contributed by atoms with Crippen LogP contribution in [0.15, 0.2) is 18.2 Å². The first-order chi connectivity index (χ1) is 9.66. The first-order valence-electron chi connectivity index (χ1n) is 6.66. The number of carbonyl (C=O) groups is 1. The van der Waals surface area contributed by atoms with Crippen LogP contribution in [0.4, 0.5) is 4.79 Å². The summed E-state index contributed by atoms with van der Waals surface area (Å²) in [5.74, 6) is 0.787. The fourth-order valence-electron chi connectivity index (χ4n) is 1.97. The van der Waals surface area contributed by atoms with Crippen molar-refractivity contribution >= 4 is 17.6 Å². The molecule has 0 saturated carbocycles. The Morgan fingerprint density at radius 1 is 1.45 bits per heavy atom. The molecule has 1 heterocycles. The molecule has 5 nitrogen and oxygen atoms in total. The Hall–Kier alpha value is -1.46. The highest BCUT2D eigenvalue weighted by atomic mass is 35.5. The largest absolute Gasteiger partial charge is 0.491 e. The number of urea groups is 1. The van der Waals surface area contributed by atoms with E-state index in [4.69, 9.17) is 21.1 Å². The molecule has 1 aromatic rings. The molecule has 2 amide bonds. The predicted molar refractivity (Wildman–Crippen MR) is 77.5 cm³/mol. The molecule has 0 spiro atoms. The van der Waals surface area contributed by atoms with E-state index in [-0.39, 0.29) is 6.03 Å². The van der Waals surface area contributed by atoms with Crippen LogP contribution >= 0.6 is 11.6 Å². The van der Waals surface area contributed by atoms with Crippen molar-refractivity contribution in [1.82, 2.24) is 10.2 Å². The van der Waals surface area contributed by atoms with Gasteiger partial charge in [0.15, 0.2) is 0 Å². The van der Waals surface area contributed by atoms with Crippen LogP contribution in [0.5, 0.6) is 5.75 Å². The molecule has 0 atom stereocenters. The summed E-state index contributed by atoms with van der Waals surface area (Å²) in [5.41, 5.74) is 0.983. The van der Waals surface area contributed by atoms with Crippen LogP contribution in [-0.4, -0.2) is 50.4 Å². The van der Waals surface area contributed by atoms with E-state index in [1.165, 1.54) is 0 Å². The first kappa shape index (κ1) is 14.9. The number of carbonyl (C=O) groups excluding carboxylic acids is 1. The van der Waals surface area contributed by atoms with Crippen molar-refractivity contribution in [2.24, 2.45) is 0 Å². The minimum absolute atomic E-state index is 0.0651. The molecule has 1 N–H and O–H groups in total. The average molecular weight is 299 g/mol. The van der Waals surface area contributed by atoms with Crippen molar-refractivity contribution in [3.8, 4) is 5.75 Å². The second-order valence-electron chi connectivity index (χ2n) is 4.59. The second-order valence-corrected chi connectivity index (χ2v) is 5.03. The Morgan fingerprint density at radius 3 is 2.90 bits per heavy atom. The van der Waals surface area contributed by atoms with Crippen molar-refractivity contribution in [3.63, 3.8) is 0 Å². The second kappa shape index (κ2) is 7.36. The van der Waals surface area contributed by atoms with E-state index < -0.39 is 0 Å². The van der Waals surface area contributed by atoms with Gasteiger partial charge in [-0.15, -0.1) is 0 Å². The van der Waals surface area contributed by atoms with E-state index >= 15 is 0 Å². The Balaban J connectivity index is 1.69. The van der Waals surface area contributed by atoms with Crippen LogP contribution in [-0.2, 0) is 4.74 Å². The summed E-state index contributed by atoms with van der Waals surface area (Å²) in [4.78, 5) is 13.6. The maximum absolute atomic E-state index is 11.8. The molecule has 0 aromatic heterocycles. The standard InChI is InChI=1S/C14H19ClN2O3/c1-11-10-12(15)2-3-13(11)20-7-4-16-14(18)17-5-8-19-9-6-17/h2-3,10H,4-9H2,1H3,(H,16,18). The summed E-state index contributed by atoms with van der Waals surface area (Å²) in [7, 11) is 0. The maximum Gasteiger partial charge on any atom is 0.317 e. The molecule has 1 aromatic carbocycles.